The molecule has 0 saturated carbocycles. The van der Waals surface area contributed by atoms with Gasteiger partial charge in [-0.3, -0.25) is 0 Å². The van der Waals surface area contributed by atoms with E-state index < -0.39 is 0 Å². The molecule has 2 N–H and O–H groups in total. The lowest BCUT2D eigenvalue weighted by Crippen LogP contribution is -2.09. The molecular weight excluding hydrogens is 222 g/mol. The Morgan fingerprint density at radius 3 is 2.67 bits per heavy atom. The van der Waals surface area contributed by atoms with Gasteiger partial charge >= 0.3 is 0 Å². The number of para-hydroxylation sites is 1. The van der Waals surface area contributed by atoms with E-state index in [-0.39, 0.29) is 6.04 Å². The second-order valence-corrected chi connectivity index (χ2v) is 4.75. The zero-order valence-corrected chi connectivity index (χ0v) is 10.5. The first-order valence-corrected chi connectivity index (χ1v) is 6.46. The Labute approximate surface area is 106 Å². The molecule has 0 saturated heterocycles. The molecule has 0 aliphatic carbocycles. The molecule has 0 bridgehead atoms. The van der Waals surface area contributed by atoms with Crippen LogP contribution in [0.4, 0.5) is 0 Å². The van der Waals surface area contributed by atoms with Crippen LogP contribution in [0.5, 0.6) is 0 Å². The van der Waals surface area contributed by atoms with E-state index in [4.69, 9.17) is 10.2 Å². The molecule has 92 valence electrons. The fourth-order valence-corrected chi connectivity index (χ4v) is 2.45. The fourth-order valence-electron chi connectivity index (χ4n) is 2.45. The van der Waals surface area contributed by atoms with Crippen molar-refractivity contribution in [3.8, 4) is 0 Å². The molecule has 1 heterocycles. The lowest BCUT2D eigenvalue weighted by atomic mass is 10.0. The van der Waals surface area contributed by atoms with Crippen molar-refractivity contribution < 1.29 is 4.42 Å². The van der Waals surface area contributed by atoms with E-state index in [2.05, 4.69) is 25.1 Å². The molecule has 0 fully saturated rings. The van der Waals surface area contributed by atoms with Gasteiger partial charge in [0, 0.05) is 16.8 Å². The number of nitrogens with two attached hydrogens (primary N) is 1. The molecule has 0 radical (unpaired) electrons. The maximum Gasteiger partial charge on any atom is 0.135 e. The summed E-state index contributed by atoms with van der Waals surface area (Å²) in [6.07, 6.45) is 2.12. The van der Waals surface area contributed by atoms with Gasteiger partial charge in [0.1, 0.15) is 11.2 Å². The van der Waals surface area contributed by atoms with Crippen LogP contribution in [0.2, 0.25) is 0 Å². The molecule has 2 aromatic carbocycles. The molecule has 3 rings (SSSR count). The monoisotopic (exact) mass is 239 g/mol. The summed E-state index contributed by atoms with van der Waals surface area (Å²) in [6, 6.07) is 14.5. The average molecular weight is 239 g/mol. The predicted molar refractivity (Wildman–Crippen MR) is 75.6 cm³/mol. The van der Waals surface area contributed by atoms with Crippen molar-refractivity contribution in [2.75, 3.05) is 0 Å². The zero-order chi connectivity index (χ0) is 12.5. The molecule has 3 aromatic rings. The highest BCUT2D eigenvalue weighted by Gasteiger charge is 2.10. The standard InChI is InChI=1S/C16H17NO/c1-2-5-14(17)11-8-9-16-13(10-11)12-6-3-4-7-15(12)18-16/h3-4,6-10,14H,2,5,17H2,1H3. The first-order chi connectivity index (χ1) is 8.79. The summed E-state index contributed by atoms with van der Waals surface area (Å²) < 4.78 is 5.81. The van der Waals surface area contributed by atoms with E-state index in [1.807, 2.05) is 24.3 Å². The SMILES string of the molecule is CCCC(N)c1ccc2oc3ccccc3c2c1. The van der Waals surface area contributed by atoms with Crippen LogP contribution in [-0.4, -0.2) is 0 Å². The summed E-state index contributed by atoms with van der Waals surface area (Å²) in [7, 11) is 0. The second kappa shape index (κ2) is 4.46. The summed E-state index contributed by atoms with van der Waals surface area (Å²) in [4.78, 5) is 0. The number of benzene rings is 2. The van der Waals surface area contributed by atoms with Crippen LogP contribution in [0.1, 0.15) is 31.4 Å². The summed E-state index contributed by atoms with van der Waals surface area (Å²) in [5.74, 6) is 0. The number of rotatable bonds is 3. The molecule has 0 aliphatic rings. The molecule has 0 amide bonds. The third-order valence-electron chi connectivity index (χ3n) is 3.43. The number of hydrogen-bond donors (Lipinski definition) is 1. The highest BCUT2D eigenvalue weighted by molar-refractivity contribution is 6.04. The van der Waals surface area contributed by atoms with Gasteiger partial charge in [0.15, 0.2) is 0 Å². The average Bonchev–Trinajstić information content (AvgIpc) is 2.76. The number of furan rings is 1. The van der Waals surface area contributed by atoms with E-state index in [1.165, 1.54) is 5.56 Å². The molecule has 2 heteroatoms. The van der Waals surface area contributed by atoms with Crippen molar-refractivity contribution in [2.24, 2.45) is 5.73 Å². The minimum atomic E-state index is 0.119. The summed E-state index contributed by atoms with van der Waals surface area (Å²) in [6.45, 7) is 2.16. The summed E-state index contributed by atoms with van der Waals surface area (Å²) in [5.41, 5.74) is 9.24. The Kier molecular flexibility index (Phi) is 2.80. The highest BCUT2D eigenvalue weighted by atomic mass is 16.3. The van der Waals surface area contributed by atoms with Gasteiger partial charge in [-0.05, 0) is 30.2 Å². The van der Waals surface area contributed by atoms with Crippen LogP contribution in [0.15, 0.2) is 46.9 Å². The van der Waals surface area contributed by atoms with Gasteiger partial charge in [-0.1, -0.05) is 37.6 Å². The van der Waals surface area contributed by atoms with Crippen LogP contribution in [0.3, 0.4) is 0 Å². The first-order valence-electron chi connectivity index (χ1n) is 6.46. The van der Waals surface area contributed by atoms with Crippen LogP contribution in [-0.2, 0) is 0 Å². The van der Waals surface area contributed by atoms with Crippen LogP contribution in [0, 0.1) is 0 Å². The van der Waals surface area contributed by atoms with Crippen molar-refractivity contribution >= 4 is 21.9 Å². The molecular formula is C16H17NO. The van der Waals surface area contributed by atoms with E-state index in [1.54, 1.807) is 0 Å². The smallest absolute Gasteiger partial charge is 0.135 e. The Hall–Kier alpha value is -1.80. The summed E-state index contributed by atoms with van der Waals surface area (Å²) in [5, 5.41) is 2.33. The Morgan fingerprint density at radius 2 is 1.83 bits per heavy atom. The fraction of sp³-hybridized carbons (Fsp3) is 0.250. The van der Waals surface area contributed by atoms with E-state index in [9.17, 15) is 0 Å². The second-order valence-electron chi connectivity index (χ2n) is 4.75. The first kappa shape index (κ1) is 11.3. The molecule has 18 heavy (non-hydrogen) atoms. The van der Waals surface area contributed by atoms with Crippen LogP contribution in [0.25, 0.3) is 21.9 Å². The van der Waals surface area contributed by atoms with Gasteiger partial charge in [0.05, 0.1) is 0 Å². The predicted octanol–water partition coefficient (Wildman–Crippen LogP) is 4.39. The van der Waals surface area contributed by atoms with Crippen molar-refractivity contribution in [1.29, 1.82) is 0 Å². The zero-order valence-electron chi connectivity index (χ0n) is 10.5. The van der Waals surface area contributed by atoms with Gasteiger partial charge < -0.3 is 10.2 Å². The van der Waals surface area contributed by atoms with E-state index in [0.29, 0.717) is 0 Å². The van der Waals surface area contributed by atoms with Crippen molar-refractivity contribution in [3.63, 3.8) is 0 Å². The third kappa shape index (κ3) is 1.79. The van der Waals surface area contributed by atoms with E-state index >= 15 is 0 Å². The lowest BCUT2D eigenvalue weighted by Gasteiger charge is -2.10. The Balaban J connectivity index is 2.18. The molecule has 2 nitrogen and oxygen atoms in total. The van der Waals surface area contributed by atoms with E-state index in [0.717, 1.165) is 34.8 Å². The van der Waals surface area contributed by atoms with Gasteiger partial charge in [0.2, 0.25) is 0 Å². The lowest BCUT2D eigenvalue weighted by molar-refractivity contribution is 0.637. The maximum absolute atomic E-state index is 6.18. The minimum absolute atomic E-state index is 0.119. The van der Waals surface area contributed by atoms with Crippen LogP contribution >= 0.6 is 0 Å². The summed E-state index contributed by atoms with van der Waals surface area (Å²) >= 11 is 0. The van der Waals surface area contributed by atoms with Gasteiger partial charge in [-0.2, -0.15) is 0 Å². The normalized spacial score (nSPS) is 13.2. The Morgan fingerprint density at radius 1 is 1.06 bits per heavy atom. The quantitative estimate of drug-likeness (QED) is 0.736. The van der Waals surface area contributed by atoms with Crippen molar-refractivity contribution in [1.82, 2.24) is 0 Å². The van der Waals surface area contributed by atoms with Crippen LogP contribution < -0.4 is 5.73 Å². The number of fused-ring (bicyclic) bond motifs is 3. The molecule has 1 aromatic heterocycles. The molecule has 0 spiro atoms. The van der Waals surface area contributed by atoms with Crippen molar-refractivity contribution in [2.45, 2.75) is 25.8 Å². The minimum Gasteiger partial charge on any atom is -0.456 e. The molecule has 0 aliphatic heterocycles. The van der Waals surface area contributed by atoms with Gasteiger partial charge in [-0.15, -0.1) is 0 Å². The van der Waals surface area contributed by atoms with Gasteiger partial charge in [-0.25, -0.2) is 0 Å². The van der Waals surface area contributed by atoms with Gasteiger partial charge in [0.25, 0.3) is 0 Å². The molecule has 1 unspecified atom stereocenters. The van der Waals surface area contributed by atoms with Crippen molar-refractivity contribution in [3.05, 3.63) is 48.0 Å². The topological polar surface area (TPSA) is 39.2 Å². The number of hydrogen-bond acceptors (Lipinski definition) is 2. The molecule has 1 atom stereocenters. The third-order valence-corrected chi connectivity index (χ3v) is 3.43. The Bertz CT molecular complexity index is 684. The highest BCUT2D eigenvalue weighted by Crippen LogP contribution is 2.30. The largest absolute Gasteiger partial charge is 0.456 e. The maximum atomic E-state index is 6.18.